The third kappa shape index (κ3) is 3.20. The van der Waals surface area contributed by atoms with E-state index in [1.807, 2.05) is 6.07 Å². The minimum Gasteiger partial charge on any atom is -0.508 e. The van der Waals surface area contributed by atoms with Gasteiger partial charge in [-0.1, -0.05) is 12.1 Å². The van der Waals surface area contributed by atoms with Gasteiger partial charge >= 0.3 is 5.97 Å². The van der Waals surface area contributed by atoms with E-state index >= 15 is 0 Å². The molecule has 1 aliphatic rings. The van der Waals surface area contributed by atoms with Crippen molar-refractivity contribution in [2.24, 2.45) is 0 Å². The normalized spacial score (nSPS) is 16.5. The van der Waals surface area contributed by atoms with Crippen molar-refractivity contribution in [3.63, 3.8) is 0 Å². The van der Waals surface area contributed by atoms with Gasteiger partial charge in [-0.2, -0.15) is 0 Å². The van der Waals surface area contributed by atoms with E-state index in [2.05, 4.69) is 5.32 Å². The van der Waals surface area contributed by atoms with Crippen LogP contribution in [0.1, 0.15) is 31.4 Å². The van der Waals surface area contributed by atoms with Gasteiger partial charge in [-0.05, 0) is 37.5 Å². The molecule has 1 aromatic rings. The molecule has 0 heterocycles. The number of nitrogens with one attached hydrogen (secondary N) is 1. The van der Waals surface area contributed by atoms with E-state index in [-0.39, 0.29) is 11.7 Å². The highest BCUT2D eigenvalue weighted by Gasteiger charge is 2.30. The third-order valence-corrected chi connectivity index (χ3v) is 2.71. The van der Waals surface area contributed by atoms with E-state index in [9.17, 15) is 9.90 Å². The van der Waals surface area contributed by atoms with Gasteiger partial charge in [0.15, 0.2) is 0 Å². The molecule has 2 rings (SSSR count). The first-order chi connectivity index (χ1) is 8.20. The van der Waals surface area contributed by atoms with Crippen LogP contribution < -0.4 is 5.32 Å². The Kier molecular flexibility index (Phi) is 3.64. The highest BCUT2D eigenvalue weighted by atomic mass is 16.5. The molecule has 1 aliphatic carbocycles. The number of rotatable bonds is 5. The van der Waals surface area contributed by atoms with Crippen molar-refractivity contribution in [2.45, 2.75) is 31.8 Å². The molecule has 17 heavy (non-hydrogen) atoms. The predicted molar refractivity (Wildman–Crippen MR) is 63.6 cm³/mol. The molecule has 1 unspecified atom stereocenters. The van der Waals surface area contributed by atoms with Gasteiger partial charge in [-0.3, -0.25) is 5.32 Å². The Morgan fingerprint density at radius 1 is 1.59 bits per heavy atom. The molecule has 0 bridgehead atoms. The maximum Gasteiger partial charge on any atom is 0.327 e. The van der Waals surface area contributed by atoms with Gasteiger partial charge in [0.25, 0.3) is 0 Å². The number of benzene rings is 1. The molecule has 0 aliphatic heterocycles. The number of hydrogen-bond acceptors (Lipinski definition) is 4. The minimum absolute atomic E-state index is 0.161. The number of carbonyl (C=O) groups excluding carboxylic acids is 1. The summed E-state index contributed by atoms with van der Waals surface area (Å²) < 4.78 is 5.04. The van der Waals surface area contributed by atoms with E-state index in [4.69, 9.17) is 4.74 Å². The Morgan fingerprint density at radius 3 is 2.94 bits per heavy atom. The monoisotopic (exact) mass is 235 g/mol. The zero-order valence-corrected chi connectivity index (χ0v) is 9.85. The van der Waals surface area contributed by atoms with Crippen LogP contribution in [0.4, 0.5) is 0 Å². The molecule has 1 fully saturated rings. The number of phenolic OH excluding ortho intramolecular Hbond substituents is 1. The van der Waals surface area contributed by atoms with Gasteiger partial charge in [0.2, 0.25) is 0 Å². The lowest BCUT2D eigenvalue weighted by atomic mass is 10.1. The predicted octanol–water partition coefficient (Wildman–Crippen LogP) is 1.75. The average molecular weight is 235 g/mol. The molecule has 0 amide bonds. The molecule has 0 spiro atoms. The summed E-state index contributed by atoms with van der Waals surface area (Å²) in [7, 11) is 0. The summed E-state index contributed by atoms with van der Waals surface area (Å²) >= 11 is 0. The summed E-state index contributed by atoms with van der Waals surface area (Å²) in [6.07, 6.45) is 2.18. The van der Waals surface area contributed by atoms with E-state index in [0.717, 1.165) is 18.4 Å². The number of carbonyl (C=O) groups is 1. The second-order valence-corrected chi connectivity index (χ2v) is 4.22. The smallest absolute Gasteiger partial charge is 0.327 e. The third-order valence-electron chi connectivity index (χ3n) is 2.71. The topological polar surface area (TPSA) is 58.6 Å². The lowest BCUT2D eigenvalue weighted by Gasteiger charge is -2.17. The zero-order chi connectivity index (χ0) is 12.3. The molecule has 2 N–H and O–H groups in total. The fourth-order valence-electron chi connectivity index (χ4n) is 1.72. The van der Waals surface area contributed by atoms with Crippen molar-refractivity contribution >= 4 is 5.97 Å². The molecular weight excluding hydrogens is 218 g/mol. The molecule has 0 aromatic heterocycles. The summed E-state index contributed by atoms with van der Waals surface area (Å²) in [4.78, 5) is 11.9. The van der Waals surface area contributed by atoms with Crippen LogP contribution in [0.5, 0.6) is 5.75 Å². The molecule has 4 heteroatoms. The second kappa shape index (κ2) is 5.19. The zero-order valence-electron chi connectivity index (χ0n) is 9.85. The Morgan fingerprint density at radius 2 is 2.35 bits per heavy atom. The van der Waals surface area contributed by atoms with E-state index < -0.39 is 6.04 Å². The van der Waals surface area contributed by atoms with Gasteiger partial charge < -0.3 is 9.84 Å². The van der Waals surface area contributed by atoms with E-state index in [1.54, 1.807) is 25.1 Å². The first-order valence-electron chi connectivity index (χ1n) is 5.92. The standard InChI is InChI=1S/C13H17NO3/c1-2-17-13(16)12(14-10-6-7-10)9-4-3-5-11(15)8-9/h3-5,8,10,12,14-15H,2,6-7H2,1H3. The van der Waals surface area contributed by atoms with Crippen LogP contribution in [0.15, 0.2) is 24.3 Å². The molecule has 1 aromatic carbocycles. The van der Waals surface area contributed by atoms with E-state index in [1.165, 1.54) is 0 Å². The van der Waals surface area contributed by atoms with Crippen molar-refractivity contribution in [3.8, 4) is 5.75 Å². The fraction of sp³-hybridized carbons (Fsp3) is 0.462. The molecular formula is C13H17NO3. The van der Waals surface area contributed by atoms with E-state index in [0.29, 0.717) is 12.6 Å². The Bertz CT molecular complexity index is 401. The van der Waals surface area contributed by atoms with Crippen molar-refractivity contribution in [1.82, 2.24) is 5.32 Å². The average Bonchev–Trinajstić information content (AvgIpc) is 3.10. The van der Waals surface area contributed by atoms with Gasteiger partial charge in [0, 0.05) is 6.04 Å². The molecule has 0 radical (unpaired) electrons. The van der Waals surface area contributed by atoms with Gasteiger partial charge in [0.05, 0.1) is 6.61 Å². The molecule has 92 valence electrons. The highest BCUT2D eigenvalue weighted by Crippen LogP contribution is 2.26. The second-order valence-electron chi connectivity index (χ2n) is 4.22. The molecule has 0 saturated heterocycles. The van der Waals surface area contributed by atoms with Crippen molar-refractivity contribution in [2.75, 3.05) is 6.61 Å². The minimum atomic E-state index is -0.477. The summed E-state index contributed by atoms with van der Waals surface area (Å²) in [5.41, 5.74) is 0.746. The SMILES string of the molecule is CCOC(=O)C(NC1CC1)c1cccc(O)c1. The maximum absolute atomic E-state index is 11.9. The van der Waals surface area contributed by atoms with Crippen LogP contribution in [0.2, 0.25) is 0 Å². The summed E-state index contributed by atoms with van der Waals surface area (Å²) in [6, 6.07) is 6.64. The Balaban J connectivity index is 2.15. The Labute approximate surface area is 101 Å². The number of hydrogen-bond donors (Lipinski definition) is 2. The molecule has 1 atom stereocenters. The van der Waals surface area contributed by atoms with Crippen molar-refractivity contribution in [1.29, 1.82) is 0 Å². The number of esters is 1. The van der Waals surface area contributed by atoms with Crippen molar-refractivity contribution < 1.29 is 14.6 Å². The lowest BCUT2D eigenvalue weighted by molar-refractivity contribution is -0.145. The number of aromatic hydroxyl groups is 1. The number of phenols is 1. The van der Waals surface area contributed by atoms with Crippen LogP contribution in [0.25, 0.3) is 0 Å². The number of ether oxygens (including phenoxy) is 1. The van der Waals surface area contributed by atoms with Gasteiger partial charge in [-0.25, -0.2) is 4.79 Å². The van der Waals surface area contributed by atoms with Crippen LogP contribution in [0.3, 0.4) is 0 Å². The quantitative estimate of drug-likeness (QED) is 0.763. The van der Waals surface area contributed by atoms with Gasteiger partial charge in [0.1, 0.15) is 11.8 Å². The first-order valence-corrected chi connectivity index (χ1v) is 5.92. The molecule has 4 nitrogen and oxygen atoms in total. The fourth-order valence-corrected chi connectivity index (χ4v) is 1.72. The van der Waals surface area contributed by atoms with Crippen LogP contribution >= 0.6 is 0 Å². The van der Waals surface area contributed by atoms with Gasteiger partial charge in [-0.15, -0.1) is 0 Å². The Hall–Kier alpha value is -1.55. The van der Waals surface area contributed by atoms with Crippen LogP contribution in [-0.4, -0.2) is 23.7 Å². The summed E-state index contributed by atoms with van der Waals surface area (Å²) in [5.74, 6) is -0.126. The van der Waals surface area contributed by atoms with Crippen LogP contribution in [0, 0.1) is 0 Å². The first kappa shape index (κ1) is 11.9. The summed E-state index contributed by atoms with van der Waals surface area (Å²) in [5, 5.41) is 12.7. The van der Waals surface area contributed by atoms with Crippen molar-refractivity contribution in [3.05, 3.63) is 29.8 Å². The highest BCUT2D eigenvalue weighted by molar-refractivity contribution is 5.78. The summed E-state index contributed by atoms with van der Waals surface area (Å²) in [6.45, 7) is 2.15. The maximum atomic E-state index is 11.9. The lowest BCUT2D eigenvalue weighted by Crippen LogP contribution is -2.31. The largest absolute Gasteiger partial charge is 0.508 e. The van der Waals surface area contributed by atoms with Crippen LogP contribution in [-0.2, 0) is 9.53 Å². The molecule has 1 saturated carbocycles.